The third-order valence-electron chi connectivity index (χ3n) is 11.8. The molecule has 3 aliphatic heterocycles. The molecular formula is C40H46F2N6O7. The van der Waals surface area contributed by atoms with E-state index in [1.165, 1.54) is 35.2 Å². The molecule has 0 bridgehead atoms. The lowest BCUT2D eigenvalue weighted by atomic mass is 9.88. The molecule has 15 heteroatoms. The van der Waals surface area contributed by atoms with E-state index in [1.807, 2.05) is 4.90 Å². The number of halogens is 2. The predicted octanol–water partition coefficient (Wildman–Crippen LogP) is 5.07. The molecule has 13 nitrogen and oxygen atoms in total. The fourth-order valence-electron chi connectivity index (χ4n) is 8.79. The minimum atomic E-state index is -1.19. The van der Waals surface area contributed by atoms with Crippen molar-refractivity contribution in [3.63, 3.8) is 0 Å². The molecule has 4 heterocycles. The molecule has 0 radical (unpaired) electrons. The molecule has 2 saturated heterocycles. The summed E-state index contributed by atoms with van der Waals surface area (Å²) in [5.41, 5.74) is -1.47. The number of aromatic nitrogens is 2. The Hall–Kier alpha value is -5.04. The number of alkyl halides is 1. The van der Waals surface area contributed by atoms with Gasteiger partial charge in [0.1, 0.15) is 30.0 Å². The van der Waals surface area contributed by atoms with E-state index in [4.69, 9.17) is 20.6 Å². The molecule has 1 saturated carbocycles. The maximum atomic E-state index is 15.3. The highest BCUT2D eigenvalue weighted by molar-refractivity contribution is 6.06. The van der Waals surface area contributed by atoms with Gasteiger partial charge in [0.15, 0.2) is 11.6 Å². The highest BCUT2D eigenvalue weighted by Gasteiger charge is 2.53. The van der Waals surface area contributed by atoms with Crippen molar-refractivity contribution in [3.8, 4) is 29.9 Å². The van der Waals surface area contributed by atoms with Crippen LogP contribution in [0.2, 0.25) is 0 Å². The zero-order valence-electron chi connectivity index (χ0n) is 31.0. The van der Waals surface area contributed by atoms with Crippen LogP contribution in [0.4, 0.5) is 25.1 Å². The molecule has 3 fully saturated rings. The number of hydrogen-bond donors (Lipinski definition) is 3. The Kier molecular flexibility index (Phi) is 10.6. The van der Waals surface area contributed by atoms with Crippen molar-refractivity contribution in [1.29, 1.82) is 0 Å². The summed E-state index contributed by atoms with van der Waals surface area (Å²) in [6.07, 6.45) is 8.58. The Morgan fingerprint density at radius 3 is 2.71 bits per heavy atom. The molecule has 3 atom stereocenters. The fraction of sp³-hybridized carbons (Fsp3) is 0.500. The third kappa shape index (κ3) is 7.03. The Balaban J connectivity index is 1.28. The average Bonchev–Trinajstić information content (AvgIpc) is 3.81. The molecular weight excluding hydrogens is 714 g/mol. The highest BCUT2D eigenvalue weighted by atomic mass is 19.1. The standard InChI is InChI=1S/C40H46F2N6O7/c1-5-29-30(42)10-9-25-17-28(50)18-32(34(25)29)47-21-31-35(55-38(47)52)36(43-22-39(13-7-8-14-39)46(4)33(51)6-2)45-37(44-31)54-23-40(24(3)49)19-26(41)20-48(40)27-11-15-53-16-12-27/h1,6,9-10,17-18,24,26-27,49-50H,2,7-8,11-16,19-23H2,3-4H3,(H,43,44,45)/t24-,26+,40-/m0/s1. The average molecular weight is 761 g/mol. The topological polar surface area (TPSA) is 150 Å². The molecule has 292 valence electrons. The van der Waals surface area contributed by atoms with Crippen LogP contribution < -0.4 is 19.7 Å². The summed E-state index contributed by atoms with van der Waals surface area (Å²) >= 11 is 0. The molecule has 55 heavy (non-hydrogen) atoms. The van der Waals surface area contributed by atoms with Gasteiger partial charge < -0.3 is 34.6 Å². The van der Waals surface area contributed by atoms with Gasteiger partial charge in [-0.15, -0.1) is 6.42 Å². The number of terminal acetylenes is 1. The second-order valence-corrected chi connectivity index (χ2v) is 15.0. The first-order valence-electron chi connectivity index (χ1n) is 18.7. The lowest BCUT2D eigenvalue weighted by Crippen LogP contribution is -2.60. The summed E-state index contributed by atoms with van der Waals surface area (Å²) < 4.78 is 48.1. The number of rotatable bonds is 11. The number of benzene rings is 2. The number of aromatic hydroxyl groups is 1. The number of fused-ring (bicyclic) bond motifs is 2. The van der Waals surface area contributed by atoms with Crippen LogP contribution in [0, 0.1) is 18.2 Å². The Labute approximate surface area is 318 Å². The smallest absolute Gasteiger partial charge is 0.420 e. The van der Waals surface area contributed by atoms with E-state index in [1.54, 1.807) is 18.9 Å². The maximum Gasteiger partial charge on any atom is 0.420 e. The van der Waals surface area contributed by atoms with Crippen molar-refractivity contribution in [3.05, 3.63) is 54.0 Å². The summed E-state index contributed by atoms with van der Waals surface area (Å²) in [7, 11) is 1.73. The van der Waals surface area contributed by atoms with Gasteiger partial charge in [0.25, 0.3) is 0 Å². The first-order valence-corrected chi connectivity index (χ1v) is 18.7. The largest absolute Gasteiger partial charge is 0.508 e. The minimum absolute atomic E-state index is 0.0185. The fourth-order valence-corrected chi connectivity index (χ4v) is 8.79. The van der Waals surface area contributed by atoms with Gasteiger partial charge in [-0.3, -0.25) is 14.6 Å². The van der Waals surface area contributed by atoms with Crippen LogP contribution in [-0.2, 0) is 16.1 Å². The van der Waals surface area contributed by atoms with Gasteiger partial charge in [-0.2, -0.15) is 9.97 Å². The normalized spacial score (nSPS) is 23.2. The van der Waals surface area contributed by atoms with Gasteiger partial charge in [0.05, 0.1) is 35.0 Å². The molecule has 4 aliphatic rings. The second kappa shape index (κ2) is 15.2. The molecule has 2 amide bonds. The number of nitrogens with one attached hydrogen (secondary N) is 1. The minimum Gasteiger partial charge on any atom is -0.508 e. The number of carbonyl (C=O) groups excluding carboxylic acids is 2. The zero-order valence-corrected chi connectivity index (χ0v) is 31.0. The van der Waals surface area contributed by atoms with Crippen LogP contribution in [0.3, 0.4) is 0 Å². The van der Waals surface area contributed by atoms with E-state index in [2.05, 4.69) is 27.8 Å². The molecule has 0 spiro atoms. The third-order valence-corrected chi connectivity index (χ3v) is 11.8. The van der Waals surface area contributed by atoms with Crippen molar-refractivity contribution >= 4 is 34.3 Å². The van der Waals surface area contributed by atoms with E-state index < -0.39 is 35.3 Å². The second-order valence-electron chi connectivity index (χ2n) is 15.0. The Morgan fingerprint density at radius 2 is 2.02 bits per heavy atom. The maximum absolute atomic E-state index is 15.3. The lowest BCUT2D eigenvalue weighted by molar-refractivity contribution is -0.129. The van der Waals surface area contributed by atoms with Crippen molar-refractivity contribution in [1.82, 2.24) is 19.8 Å². The molecule has 2 aromatic carbocycles. The van der Waals surface area contributed by atoms with Gasteiger partial charge in [-0.25, -0.2) is 13.6 Å². The van der Waals surface area contributed by atoms with Crippen molar-refractivity contribution in [2.75, 3.05) is 50.2 Å². The van der Waals surface area contributed by atoms with Crippen molar-refractivity contribution in [2.45, 2.75) is 87.8 Å². The number of phenols is 1. The first kappa shape index (κ1) is 38.2. The number of phenolic OH excluding ortho intramolecular Hbond substituents is 1. The SMILES string of the molecule is C#Cc1c(F)ccc2cc(O)cc(N3Cc4nc(OC[C@]5([C@H](C)O)C[C@@H](F)CN5C5CCOCC5)nc(NCC5(N(C)C(=O)C=C)CCCC5)c4OC3=O)c12. The summed E-state index contributed by atoms with van der Waals surface area (Å²) in [6, 6.07) is 5.21. The van der Waals surface area contributed by atoms with E-state index >= 15 is 4.39 Å². The van der Waals surface area contributed by atoms with Crippen LogP contribution in [0.25, 0.3) is 10.8 Å². The monoisotopic (exact) mass is 760 g/mol. The van der Waals surface area contributed by atoms with E-state index in [9.17, 15) is 24.2 Å². The van der Waals surface area contributed by atoms with Gasteiger partial charge in [0.2, 0.25) is 5.91 Å². The Bertz CT molecular complexity index is 2030. The molecule has 1 aromatic heterocycles. The summed E-state index contributed by atoms with van der Waals surface area (Å²) in [5.74, 6) is 1.40. The van der Waals surface area contributed by atoms with Crippen LogP contribution in [0.5, 0.6) is 17.5 Å². The number of nitrogens with zero attached hydrogens (tertiary/aromatic N) is 5. The quantitative estimate of drug-likeness (QED) is 0.178. The lowest BCUT2D eigenvalue weighted by Gasteiger charge is -2.45. The summed E-state index contributed by atoms with van der Waals surface area (Å²) in [5, 5.41) is 25.8. The number of carbonyl (C=O) groups is 2. The number of ether oxygens (including phenoxy) is 3. The van der Waals surface area contributed by atoms with E-state index in [-0.39, 0.29) is 90.3 Å². The molecule has 3 aromatic rings. The van der Waals surface area contributed by atoms with E-state index in [0.29, 0.717) is 44.3 Å². The zero-order chi connectivity index (χ0) is 39.1. The first-order chi connectivity index (χ1) is 26.4. The predicted molar refractivity (Wildman–Crippen MR) is 200 cm³/mol. The number of aliphatic hydroxyl groups is 1. The van der Waals surface area contributed by atoms with Gasteiger partial charge in [-0.05, 0) is 56.2 Å². The van der Waals surface area contributed by atoms with Crippen molar-refractivity contribution < 1.29 is 42.8 Å². The van der Waals surface area contributed by atoms with Crippen molar-refractivity contribution in [2.24, 2.45) is 0 Å². The number of aliphatic hydroxyl groups excluding tert-OH is 1. The van der Waals surface area contributed by atoms with Crippen LogP contribution in [0.1, 0.15) is 63.1 Å². The molecule has 0 unspecified atom stereocenters. The van der Waals surface area contributed by atoms with Gasteiger partial charge in [0, 0.05) is 57.3 Å². The van der Waals surface area contributed by atoms with Crippen LogP contribution >= 0.6 is 0 Å². The number of likely N-dealkylation sites (tertiary alicyclic amines) is 1. The summed E-state index contributed by atoms with van der Waals surface area (Å²) in [4.78, 5) is 40.8. The van der Waals surface area contributed by atoms with Gasteiger partial charge in [-0.1, -0.05) is 31.4 Å². The summed E-state index contributed by atoms with van der Waals surface area (Å²) in [6.45, 7) is 6.36. The number of anilines is 2. The Morgan fingerprint density at radius 1 is 1.27 bits per heavy atom. The number of hydrogen-bond acceptors (Lipinski definition) is 11. The molecule has 7 rings (SSSR count). The van der Waals surface area contributed by atoms with Crippen LogP contribution in [-0.4, -0.2) is 111 Å². The number of likely N-dealkylation sites (N-methyl/N-ethyl adjacent to an activating group) is 1. The van der Waals surface area contributed by atoms with Crippen LogP contribution in [0.15, 0.2) is 36.9 Å². The highest BCUT2D eigenvalue weighted by Crippen LogP contribution is 2.43. The van der Waals surface area contributed by atoms with E-state index in [0.717, 1.165) is 12.8 Å². The number of amides is 2. The molecule has 3 N–H and O–H groups in total. The molecule has 1 aliphatic carbocycles. The van der Waals surface area contributed by atoms with Gasteiger partial charge >= 0.3 is 12.1 Å².